The Morgan fingerprint density at radius 3 is 2.66 bits per heavy atom. The number of aryl methyl sites for hydroxylation is 1. The Balaban J connectivity index is 0.00000300. The first kappa shape index (κ1) is 23.4. The van der Waals surface area contributed by atoms with Crippen molar-refractivity contribution in [2.45, 2.75) is 64.5 Å². The van der Waals surface area contributed by atoms with E-state index >= 15 is 0 Å². The third kappa shape index (κ3) is 6.83. The van der Waals surface area contributed by atoms with E-state index in [1.807, 2.05) is 24.4 Å². The van der Waals surface area contributed by atoms with E-state index in [1.54, 1.807) is 0 Å². The summed E-state index contributed by atoms with van der Waals surface area (Å²) in [6.45, 7) is 6.95. The fourth-order valence-electron chi connectivity index (χ4n) is 3.98. The Kier molecular flexibility index (Phi) is 9.62. The topological polar surface area (TPSA) is 45.2 Å². The van der Waals surface area contributed by atoms with E-state index in [2.05, 4.69) is 53.3 Å². The summed E-state index contributed by atoms with van der Waals surface area (Å²) in [4.78, 5) is 19.9. The molecule has 0 spiro atoms. The molecular formula is C24H34ClN3O. The van der Waals surface area contributed by atoms with Crippen molar-refractivity contribution in [3.8, 4) is 0 Å². The normalized spacial score (nSPS) is 17.7. The Bertz CT molecular complexity index is 728. The molecule has 29 heavy (non-hydrogen) atoms. The van der Waals surface area contributed by atoms with E-state index in [0.717, 1.165) is 44.5 Å². The molecule has 2 atom stereocenters. The van der Waals surface area contributed by atoms with Gasteiger partial charge in [-0.3, -0.25) is 9.78 Å². The van der Waals surface area contributed by atoms with Crippen LogP contribution in [0.1, 0.15) is 62.3 Å². The number of rotatable bonds is 7. The highest BCUT2D eigenvalue weighted by Gasteiger charge is 2.26. The summed E-state index contributed by atoms with van der Waals surface area (Å²) in [5, 5.41) is 3.46. The quantitative estimate of drug-likeness (QED) is 0.710. The summed E-state index contributed by atoms with van der Waals surface area (Å²) in [5.41, 5.74) is 3.55. The SMILES string of the molecule is CCc1ccc(C(C)CC(=O)N(Cc2ccccn2)C2CCCNCC2)cc1.Cl. The molecule has 1 N–H and O–H groups in total. The van der Waals surface area contributed by atoms with Crippen LogP contribution in [0.3, 0.4) is 0 Å². The second-order valence-corrected chi connectivity index (χ2v) is 7.88. The standard InChI is InChI=1S/C24H33N3O.ClH/c1-3-20-9-11-21(12-10-20)19(2)17-24(28)27(18-22-7-4-5-15-26-22)23-8-6-14-25-16-13-23;/h4-5,7,9-12,15,19,23,25H,3,6,8,13-14,16-18H2,1-2H3;1H. The third-order valence-electron chi connectivity index (χ3n) is 5.80. The molecule has 0 radical (unpaired) electrons. The maximum absolute atomic E-state index is 13.3. The maximum Gasteiger partial charge on any atom is 0.223 e. The van der Waals surface area contributed by atoms with Crippen LogP contribution in [-0.4, -0.2) is 34.9 Å². The van der Waals surface area contributed by atoms with Gasteiger partial charge in [0.15, 0.2) is 0 Å². The molecule has 1 fully saturated rings. The van der Waals surface area contributed by atoms with Gasteiger partial charge in [0.2, 0.25) is 5.91 Å². The van der Waals surface area contributed by atoms with E-state index in [-0.39, 0.29) is 24.2 Å². The lowest BCUT2D eigenvalue weighted by Gasteiger charge is -2.32. The number of nitrogens with zero attached hydrogens (tertiary/aromatic N) is 2. The molecule has 1 amide bonds. The van der Waals surface area contributed by atoms with E-state index in [9.17, 15) is 4.79 Å². The van der Waals surface area contributed by atoms with Crippen LogP contribution in [0.4, 0.5) is 0 Å². The average molecular weight is 416 g/mol. The molecule has 3 rings (SSSR count). The largest absolute Gasteiger partial charge is 0.334 e. The van der Waals surface area contributed by atoms with Crippen LogP contribution in [0.5, 0.6) is 0 Å². The molecule has 1 aromatic heterocycles. The fourth-order valence-corrected chi connectivity index (χ4v) is 3.98. The maximum atomic E-state index is 13.3. The fraction of sp³-hybridized carbons (Fsp3) is 0.500. The van der Waals surface area contributed by atoms with Gasteiger partial charge < -0.3 is 10.2 Å². The number of aromatic nitrogens is 1. The van der Waals surface area contributed by atoms with Gasteiger partial charge in [0.05, 0.1) is 12.2 Å². The minimum atomic E-state index is 0. The highest BCUT2D eigenvalue weighted by Crippen LogP contribution is 2.24. The number of nitrogens with one attached hydrogen (secondary N) is 1. The van der Waals surface area contributed by atoms with Crippen LogP contribution in [0, 0.1) is 0 Å². The average Bonchev–Trinajstić information content (AvgIpc) is 3.02. The highest BCUT2D eigenvalue weighted by molar-refractivity contribution is 5.85. The lowest BCUT2D eigenvalue weighted by atomic mass is 9.95. The summed E-state index contributed by atoms with van der Waals surface area (Å²) >= 11 is 0. The van der Waals surface area contributed by atoms with Crippen molar-refractivity contribution in [2.75, 3.05) is 13.1 Å². The summed E-state index contributed by atoms with van der Waals surface area (Å²) < 4.78 is 0. The van der Waals surface area contributed by atoms with Gasteiger partial charge in [-0.25, -0.2) is 0 Å². The third-order valence-corrected chi connectivity index (χ3v) is 5.80. The van der Waals surface area contributed by atoms with Gasteiger partial charge in [-0.05, 0) is 68.0 Å². The number of carbonyl (C=O) groups excluding carboxylic acids is 1. The summed E-state index contributed by atoms with van der Waals surface area (Å²) in [5.74, 6) is 0.457. The Morgan fingerprint density at radius 2 is 1.97 bits per heavy atom. The van der Waals surface area contributed by atoms with Crippen LogP contribution < -0.4 is 5.32 Å². The Morgan fingerprint density at radius 1 is 1.17 bits per heavy atom. The van der Waals surface area contributed by atoms with E-state index in [4.69, 9.17) is 0 Å². The molecule has 5 heteroatoms. The number of benzene rings is 1. The van der Waals surface area contributed by atoms with Crippen molar-refractivity contribution in [1.82, 2.24) is 15.2 Å². The van der Waals surface area contributed by atoms with Crippen LogP contribution in [-0.2, 0) is 17.8 Å². The van der Waals surface area contributed by atoms with Gasteiger partial charge in [0, 0.05) is 18.7 Å². The summed E-state index contributed by atoms with van der Waals surface area (Å²) in [6, 6.07) is 14.9. The molecule has 0 saturated carbocycles. The monoisotopic (exact) mass is 415 g/mol. The van der Waals surface area contributed by atoms with Gasteiger partial charge in [-0.15, -0.1) is 12.4 Å². The molecule has 2 unspecified atom stereocenters. The zero-order valence-electron chi connectivity index (χ0n) is 17.6. The molecule has 4 nitrogen and oxygen atoms in total. The zero-order chi connectivity index (χ0) is 19.8. The molecule has 0 bridgehead atoms. The predicted molar refractivity (Wildman–Crippen MR) is 121 cm³/mol. The number of hydrogen-bond acceptors (Lipinski definition) is 3. The number of pyridine rings is 1. The zero-order valence-corrected chi connectivity index (χ0v) is 18.5. The van der Waals surface area contributed by atoms with Gasteiger partial charge in [0.1, 0.15) is 0 Å². The van der Waals surface area contributed by atoms with Crippen LogP contribution in [0.15, 0.2) is 48.7 Å². The van der Waals surface area contributed by atoms with Crippen molar-refractivity contribution >= 4 is 18.3 Å². The molecule has 1 aliphatic heterocycles. The Hall–Kier alpha value is -1.91. The summed E-state index contributed by atoms with van der Waals surface area (Å²) in [6.07, 6.45) is 6.59. The molecule has 2 aromatic rings. The minimum absolute atomic E-state index is 0. The molecule has 158 valence electrons. The molecule has 1 saturated heterocycles. The van der Waals surface area contributed by atoms with Crippen molar-refractivity contribution in [2.24, 2.45) is 0 Å². The molecular weight excluding hydrogens is 382 g/mol. The number of hydrogen-bond donors (Lipinski definition) is 1. The second-order valence-electron chi connectivity index (χ2n) is 7.88. The van der Waals surface area contributed by atoms with Crippen molar-refractivity contribution in [3.05, 3.63) is 65.5 Å². The molecule has 1 aromatic carbocycles. The van der Waals surface area contributed by atoms with Gasteiger partial charge in [0.25, 0.3) is 0 Å². The number of amides is 1. The molecule has 1 aliphatic rings. The van der Waals surface area contributed by atoms with Gasteiger partial charge in [-0.1, -0.05) is 44.2 Å². The number of halogens is 1. The minimum Gasteiger partial charge on any atom is -0.334 e. The smallest absolute Gasteiger partial charge is 0.223 e. The Labute approximate surface area is 181 Å². The summed E-state index contributed by atoms with van der Waals surface area (Å²) in [7, 11) is 0. The number of carbonyl (C=O) groups is 1. The van der Waals surface area contributed by atoms with Gasteiger partial charge >= 0.3 is 0 Å². The lowest BCUT2D eigenvalue weighted by molar-refractivity contribution is -0.135. The van der Waals surface area contributed by atoms with E-state index in [0.29, 0.717) is 19.0 Å². The van der Waals surface area contributed by atoms with Crippen molar-refractivity contribution in [1.29, 1.82) is 0 Å². The van der Waals surface area contributed by atoms with Gasteiger partial charge in [-0.2, -0.15) is 0 Å². The predicted octanol–water partition coefficient (Wildman–Crippen LogP) is 4.73. The first-order valence-electron chi connectivity index (χ1n) is 10.7. The van der Waals surface area contributed by atoms with Crippen LogP contribution in [0.2, 0.25) is 0 Å². The van der Waals surface area contributed by atoms with E-state index < -0.39 is 0 Å². The van der Waals surface area contributed by atoms with Crippen molar-refractivity contribution in [3.63, 3.8) is 0 Å². The first-order chi connectivity index (χ1) is 13.7. The highest BCUT2D eigenvalue weighted by atomic mass is 35.5. The van der Waals surface area contributed by atoms with Crippen LogP contribution >= 0.6 is 12.4 Å². The molecule has 0 aliphatic carbocycles. The van der Waals surface area contributed by atoms with E-state index in [1.165, 1.54) is 11.1 Å². The van der Waals surface area contributed by atoms with Crippen molar-refractivity contribution < 1.29 is 4.79 Å². The molecule has 2 heterocycles. The second kappa shape index (κ2) is 11.9. The first-order valence-corrected chi connectivity index (χ1v) is 10.7. The lowest BCUT2D eigenvalue weighted by Crippen LogP contribution is -2.41. The van der Waals surface area contributed by atoms with Crippen LogP contribution in [0.25, 0.3) is 0 Å².